The van der Waals surface area contributed by atoms with E-state index in [0.717, 1.165) is 25.7 Å². The highest BCUT2D eigenvalue weighted by atomic mass is 16.4. The van der Waals surface area contributed by atoms with E-state index in [1.807, 2.05) is 6.92 Å². The monoisotopic (exact) mass is 292 g/mol. The van der Waals surface area contributed by atoms with Crippen LogP contribution >= 0.6 is 0 Å². The zero-order valence-corrected chi connectivity index (χ0v) is 12.0. The third-order valence-electron chi connectivity index (χ3n) is 3.85. The van der Waals surface area contributed by atoms with Crippen LogP contribution in [-0.2, 0) is 0 Å². The molecule has 1 aromatic rings. The summed E-state index contributed by atoms with van der Waals surface area (Å²) >= 11 is 0. The lowest BCUT2D eigenvalue weighted by Gasteiger charge is -2.27. The SMILES string of the molecule is CCN(C(=O)Nc1ccc(C(=O)O)c(O)c1)C1CCCC1. The van der Waals surface area contributed by atoms with E-state index in [1.165, 1.54) is 18.2 Å². The summed E-state index contributed by atoms with van der Waals surface area (Å²) in [5, 5.41) is 21.2. The first-order valence-electron chi connectivity index (χ1n) is 7.17. The Morgan fingerprint density at radius 1 is 1.33 bits per heavy atom. The number of rotatable bonds is 4. The molecular formula is C15H20N2O4. The molecule has 0 unspecified atom stereocenters. The largest absolute Gasteiger partial charge is 0.507 e. The van der Waals surface area contributed by atoms with Gasteiger partial charge in [-0.05, 0) is 31.9 Å². The van der Waals surface area contributed by atoms with Gasteiger partial charge in [0.25, 0.3) is 0 Å². The first kappa shape index (κ1) is 15.2. The van der Waals surface area contributed by atoms with Crippen LogP contribution in [0.25, 0.3) is 0 Å². The first-order valence-corrected chi connectivity index (χ1v) is 7.17. The fourth-order valence-corrected chi connectivity index (χ4v) is 2.77. The van der Waals surface area contributed by atoms with Gasteiger partial charge in [-0.1, -0.05) is 12.8 Å². The van der Waals surface area contributed by atoms with Crippen LogP contribution < -0.4 is 5.32 Å². The molecule has 6 nitrogen and oxygen atoms in total. The van der Waals surface area contributed by atoms with Crippen LogP contribution in [0.2, 0.25) is 0 Å². The quantitative estimate of drug-likeness (QED) is 0.796. The van der Waals surface area contributed by atoms with Crippen molar-refractivity contribution in [2.75, 3.05) is 11.9 Å². The summed E-state index contributed by atoms with van der Waals surface area (Å²) in [4.78, 5) is 24.9. The number of carboxylic acid groups (broad SMARTS) is 1. The maximum atomic E-state index is 12.3. The molecule has 0 spiro atoms. The van der Waals surface area contributed by atoms with E-state index in [1.54, 1.807) is 4.90 Å². The molecule has 0 saturated heterocycles. The van der Waals surface area contributed by atoms with Gasteiger partial charge in [-0.25, -0.2) is 9.59 Å². The first-order chi connectivity index (χ1) is 10.0. The Balaban J connectivity index is 2.07. The maximum Gasteiger partial charge on any atom is 0.339 e. The maximum absolute atomic E-state index is 12.3. The minimum absolute atomic E-state index is 0.184. The molecule has 1 fully saturated rings. The van der Waals surface area contributed by atoms with Crippen LogP contribution in [0.3, 0.4) is 0 Å². The third kappa shape index (κ3) is 3.45. The zero-order valence-electron chi connectivity index (χ0n) is 12.0. The Labute approximate surface area is 123 Å². The number of phenols is 1. The highest BCUT2D eigenvalue weighted by Crippen LogP contribution is 2.25. The number of hydrogen-bond donors (Lipinski definition) is 3. The number of aromatic carboxylic acids is 1. The zero-order chi connectivity index (χ0) is 15.4. The number of carbonyl (C=O) groups is 2. The van der Waals surface area contributed by atoms with Crippen LogP contribution in [-0.4, -0.2) is 39.7 Å². The number of nitrogens with zero attached hydrogens (tertiary/aromatic N) is 1. The molecule has 114 valence electrons. The van der Waals surface area contributed by atoms with E-state index >= 15 is 0 Å². The third-order valence-corrected chi connectivity index (χ3v) is 3.85. The second kappa shape index (κ2) is 6.47. The fourth-order valence-electron chi connectivity index (χ4n) is 2.77. The van der Waals surface area contributed by atoms with Gasteiger partial charge in [0.05, 0.1) is 0 Å². The average Bonchev–Trinajstić information content (AvgIpc) is 2.93. The van der Waals surface area contributed by atoms with Gasteiger partial charge >= 0.3 is 12.0 Å². The lowest BCUT2D eigenvalue weighted by atomic mass is 10.2. The lowest BCUT2D eigenvalue weighted by Crippen LogP contribution is -2.41. The number of urea groups is 1. The summed E-state index contributed by atoms with van der Waals surface area (Å²) in [5.74, 6) is -1.56. The van der Waals surface area contributed by atoms with Crippen molar-refractivity contribution in [3.8, 4) is 5.75 Å². The van der Waals surface area contributed by atoms with Gasteiger partial charge in [0, 0.05) is 24.3 Å². The number of amides is 2. The summed E-state index contributed by atoms with van der Waals surface area (Å²) in [6.45, 7) is 2.55. The molecule has 0 aromatic heterocycles. The number of aromatic hydroxyl groups is 1. The molecule has 6 heteroatoms. The number of carbonyl (C=O) groups excluding carboxylic acids is 1. The van der Waals surface area contributed by atoms with Gasteiger partial charge in [0.1, 0.15) is 11.3 Å². The number of anilines is 1. The minimum Gasteiger partial charge on any atom is -0.507 e. The van der Waals surface area contributed by atoms with Crippen LogP contribution in [0.1, 0.15) is 43.0 Å². The van der Waals surface area contributed by atoms with E-state index < -0.39 is 5.97 Å². The molecule has 2 rings (SSSR count). The molecule has 3 N–H and O–H groups in total. The Morgan fingerprint density at radius 2 is 2.00 bits per heavy atom. The van der Waals surface area contributed by atoms with Gasteiger partial charge in [0.15, 0.2) is 0 Å². The molecule has 21 heavy (non-hydrogen) atoms. The topological polar surface area (TPSA) is 89.9 Å². The number of carboxylic acids is 1. The summed E-state index contributed by atoms with van der Waals surface area (Å²) in [7, 11) is 0. The molecule has 0 atom stereocenters. The van der Waals surface area contributed by atoms with E-state index in [9.17, 15) is 14.7 Å². The summed E-state index contributed by atoms with van der Waals surface area (Å²) < 4.78 is 0. The summed E-state index contributed by atoms with van der Waals surface area (Å²) in [5.41, 5.74) is 0.204. The summed E-state index contributed by atoms with van der Waals surface area (Å²) in [6, 6.07) is 4.06. The van der Waals surface area contributed by atoms with Gasteiger partial charge in [-0.2, -0.15) is 0 Å². The van der Waals surface area contributed by atoms with E-state index in [2.05, 4.69) is 5.32 Å². The Hall–Kier alpha value is -2.24. The van der Waals surface area contributed by atoms with Crippen LogP contribution in [0.4, 0.5) is 10.5 Å². The standard InChI is InChI=1S/C15H20N2O4/c1-2-17(11-5-3-4-6-11)15(21)16-10-7-8-12(14(19)20)13(18)9-10/h7-9,11,18H,2-6H2,1H3,(H,16,21)(H,19,20). The molecule has 1 aliphatic carbocycles. The second-order valence-electron chi connectivity index (χ2n) is 5.19. The Bertz CT molecular complexity index is 538. The summed E-state index contributed by atoms with van der Waals surface area (Å²) in [6.07, 6.45) is 4.32. The fraction of sp³-hybridized carbons (Fsp3) is 0.467. The average molecular weight is 292 g/mol. The molecule has 1 aliphatic rings. The van der Waals surface area contributed by atoms with Crippen molar-refractivity contribution in [2.45, 2.75) is 38.6 Å². The normalized spacial score (nSPS) is 14.9. The van der Waals surface area contributed by atoms with Crippen molar-refractivity contribution in [2.24, 2.45) is 0 Å². The molecule has 0 heterocycles. The molecule has 0 radical (unpaired) electrons. The van der Waals surface area contributed by atoms with E-state index in [-0.39, 0.29) is 23.4 Å². The number of nitrogens with one attached hydrogen (secondary N) is 1. The Morgan fingerprint density at radius 3 is 2.52 bits per heavy atom. The molecule has 2 amide bonds. The predicted molar refractivity (Wildman–Crippen MR) is 78.7 cm³/mol. The van der Waals surface area contributed by atoms with Crippen LogP contribution in [0.15, 0.2) is 18.2 Å². The highest BCUT2D eigenvalue weighted by Gasteiger charge is 2.25. The van der Waals surface area contributed by atoms with Crippen molar-refractivity contribution in [1.29, 1.82) is 0 Å². The smallest absolute Gasteiger partial charge is 0.339 e. The van der Waals surface area contributed by atoms with Gasteiger partial charge < -0.3 is 20.4 Å². The van der Waals surface area contributed by atoms with Crippen molar-refractivity contribution >= 4 is 17.7 Å². The van der Waals surface area contributed by atoms with Crippen LogP contribution in [0.5, 0.6) is 5.75 Å². The molecule has 0 bridgehead atoms. The number of hydrogen-bond acceptors (Lipinski definition) is 3. The van der Waals surface area contributed by atoms with Gasteiger partial charge in [0.2, 0.25) is 0 Å². The molecule has 1 saturated carbocycles. The van der Waals surface area contributed by atoms with Gasteiger partial charge in [-0.15, -0.1) is 0 Å². The second-order valence-corrected chi connectivity index (χ2v) is 5.19. The van der Waals surface area contributed by atoms with Crippen molar-refractivity contribution in [1.82, 2.24) is 4.90 Å². The predicted octanol–water partition coefficient (Wildman–Crippen LogP) is 2.89. The number of benzene rings is 1. The highest BCUT2D eigenvalue weighted by molar-refractivity contribution is 5.94. The van der Waals surface area contributed by atoms with Crippen molar-refractivity contribution in [3.05, 3.63) is 23.8 Å². The molecule has 0 aliphatic heterocycles. The lowest BCUT2D eigenvalue weighted by molar-refractivity contribution is 0.0694. The van der Waals surface area contributed by atoms with Gasteiger partial charge in [-0.3, -0.25) is 0 Å². The van der Waals surface area contributed by atoms with Crippen molar-refractivity contribution < 1.29 is 19.8 Å². The molecule has 1 aromatic carbocycles. The van der Waals surface area contributed by atoms with E-state index in [4.69, 9.17) is 5.11 Å². The molecular weight excluding hydrogens is 272 g/mol. The van der Waals surface area contributed by atoms with Crippen molar-refractivity contribution in [3.63, 3.8) is 0 Å². The Kier molecular flexibility index (Phi) is 4.67. The van der Waals surface area contributed by atoms with Crippen LogP contribution in [0, 0.1) is 0 Å². The van der Waals surface area contributed by atoms with E-state index in [0.29, 0.717) is 12.2 Å². The minimum atomic E-state index is -1.20.